The minimum absolute atomic E-state index is 0.136. The smallest absolute Gasteiger partial charge is 0.344 e. The number of nitro groups is 1. The molecule has 0 atom stereocenters. The second-order valence-electron chi connectivity index (χ2n) is 5.21. The van der Waals surface area contributed by atoms with Gasteiger partial charge >= 0.3 is 11.9 Å². The maximum Gasteiger partial charge on any atom is 0.344 e. The molecule has 0 heterocycles. The highest BCUT2D eigenvalue weighted by molar-refractivity contribution is 7.89. The van der Waals surface area contributed by atoms with Gasteiger partial charge in [0.1, 0.15) is 12.2 Å². The van der Waals surface area contributed by atoms with E-state index in [1.807, 2.05) is 4.72 Å². The van der Waals surface area contributed by atoms with E-state index < -0.39 is 50.6 Å². The lowest BCUT2D eigenvalue weighted by Crippen LogP contribution is -2.32. The normalized spacial score (nSPS) is 11.1. The number of carbonyl (C=O) groups is 2. The number of benzene rings is 1. The second kappa shape index (κ2) is 9.10. The molecule has 0 saturated heterocycles. The molecule has 12 heteroatoms. The molecule has 2 N–H and O–H groups in total. The summed E-state index contributed by atoms with van der Waals surface area (Å²) in [6, 6.07) is 3.24. The Morgan fingerprint density at radius 1 is 1.27 bits per heavy atom. The molecule has 0 saturated carbocycles. The molecule has 0 aliphatic rings. The van der Waals surface area contributed by atoms with E-state index in [0.29, 0.717) is 0 Å². The molecular weight excluding hydrogens is 370 g/mol. The van der Waals surface area contributed by atoms with E-state index in [1.54, 1.807) is 13.8 Å². The number of hydrogen-bond acceptors (Lipinski definition) is 9. The highest BCUT2D eigenvalue weighted by atomic mass is 32.2. The summed E-state index contributed by atoms with van der Waals surface area (Å²) in [5.41, 5.74) is -0.300. The van der Waals surface area contributed by atoms with Gasteiger partial charge in [-0.25, -0.2) is 13.2 Å². The quantitative estimate of drug-likeness (QED) is 0.347. The number of hydrogen-bond donors (Lipinski definition) is 2. The van der Waals surface area contributed by atoms with Crippen LogP contribution in [0.1, 0.15) is 13.8 Å². The lowest BCUT2D eigenvalue weighted by Gasteiger charge is -2.10. The standard InChI is InChI=1S/C14H19N3O8S/c1-9(2)25-14(19)8-24-13(18)7-16-26(22,23)10-4-5-11(15-3)12(6-10)17(20)21/h4-6,9,15-16H,7-8H2,1-3H3. The number of nitro benzene ring substituents is 1. The van der Waals surface area contributed by atoms with Crippen LogP contribution in [0.5, 0.6) is 0 Å². The van der Waals surface area contributed by atoms with Crippen LogP contribution >= 0.6 is 0 Å². The molecule has 11 nitrogen and oxygen atoms in total. The van der Waals surface area contributed by atoms with Gasteiger partial charge in [-0.2, -0.15) is 4.72 Å². The van der Waals surface area contributed by atoms with Gasteiger partial charge in [-0.05, 0) is 26.0 Å². The Hall–Kier alpha value is -2.73. The molecule has 26 heavy (non-hydrogen) atoms. The van der Waals surface area contributed by atoms with E-state index in [1.165, 1.54) is 13.1 Å². The fraction of sp³-hybridized carbons (Fsp3) is 0.429. The fourth-order valence-corrected chi connectivity index (χ4v) is 2.75. The van der Waals surface area contributed by atoms with Crippen LogP contribution in [-0.4, -0.2) is 51.6 Å². The average Bonchev–Trinajstić information content (AvgIpc) is 2.56. The maximum absolute atomic E-state index is 12.1. The predicted molar refractivity (Wildman–Crippen MR) is 90.0 cm³/mol. The van der Waals surface area contributed by atoms with Crippen LogP contribution in [-0.2, 0) is 29.1 Å². The van der Waals surface area contributed by atoms with Crippen LogP contribution in [0, 0.1) is 10.1 Å². The summed E-state index contributed by atoms with van der Waals surface area (Å²) in [4.78, 5) is 32.6. The first-order chi connectivity index (χ1) is 12.1. The molecule has 0 unspecified atom stereocenters. The number of carbonyl (C=O) groups excluding carboxylic acids is 2. The summed E-state index contributed by atoms with van der Waals surface area (Å²) in [6.45, 7) is 1.83. The average molecular weight is 389 g/mol. The largest absolute Gasteiger partial charge is 0.460 e. The lowest BCUT2D eigenvalue weighted by atomic mass is 10.3. The number of nitrogens with zero attached hydrogens (tertiary/aromatic N) is 1. The molecule has 0 bridgehead atoms. The van der Waals surface area contributed by atoms with Gasteiger partial charge in [-0.15, -0.1) is 0 Å². The Morgan fingerprint density at radius 2 is 1.92 bits per heavy atom. The Balaban J connectivity index is 2.72. The molecule has 1 rings (SSSR count). The van der Waals surface area contributed by atoms with E-state index in [0.717, 1.165) is 12.1 Å². The third kappa shape index (κ3) is 6.29. The second-order valence-corrected chi connectivity index (χ2v) is 6.98. The molecule has 0 aliphatic heterocycles. The van der Waals surface area contributed by atoms with Crippen LogP contribution in [0.2, 0.25) is 0 Å². The maximum atomic E-state index is 12.1. The molecular formula is C14H19N3O8S. The van der Waals surface area contributed by atoms with Crippen molar-refractivity contribution in [2.45, 2.75) is 24.8 Å². The van der Waals surface area contributed by atoms with Crippen molar-refractivity contribution in [1.29, 1.82) is 0 Å². The van der Waals surface area contributed by atoms with E-state index in [4.69, 9.17) is 4.74 Å². The van der Waals surface area contributed by atoms with Gasteiger partial charge in [-0.1, -0.05) is 0 Å². The van der Waals surface area contributed by atoms with Crippen molar-refractivity contribution in [3.05, 3.63) is 28.3 Å². The van der Waals surface area contributed by atoms with Crippen molar-refractivity contribution >= 4 is 33.3 Å². The summed E-state index contributed by atoms with van der Waals surface area (Å²) < 4.78 is 35.6. The number of ether oxygens (including phenoxy) is 2. The van der Waals surface area contributed by atoms with Crippen molar-refractivity contribution < 1.29 is 32.4 Å². The highest BCUT2D eigenvalue weighted by Gasteiger charge is 2.22. The Bertz CT molecular complexity index is 791. The number of sulfonamides is 1. The zero-order chi connectivity index (χ0) is 19.9. The van der Waals surface area contributed by atoms with Crippen molar-refractivity contribution in [2.24, 2.45) is 0 Å². The van der Waals surface area contributed by atoms with E-state index >= 15 is 0 Å². The molecule has 0 spiro atoms. The Labute approximate surface area is 149 Å². The third-order valence-electron chi connectivity index (χ3n) is 2.87. The summed E-state index contributed by atoms with van der Waals surface area (Å²) in [7, 11) is -2.74. The van der Waals surface area contributed by atoms with Gasteiger partial charge in [-0.3, -0.25) is 14.9 Å². The summed E-state index contributed by atoms with van der Waals surface area (Å²) >= 11 is 0. The number of nitrogens with one attached hydrogen (secondary N) is 2. The SMILES string of the molecule is CNc1ccc(S(=O)(=O)NCC(=O)OCC(=O)OC(C)C)cc1[N+](=O)[O-]. The van der Waals surface area contributed by atoms with Gasteiger partial charge in [0.25, 0.3) is 5.69 Å². The molecule has 0 aliphatic carbocycles. The van der Waals surface area contributed by atoms with Crippen molar-refractivity contribution in [3.8, 4) is 0 Å². The highest BCUT2D eigenvalue weighted by Crippen LogP contribution is 2.26. The zero-order valence-corrected chi connectivity index (χ0v) is 15.2. The molecule has 144 valence electrons. The third-order valence-corrected chi connectivity index (χ3v) is 4.27. The van der Waals surface area contributed by atoms with Crippen molar-refractivity contribution in [2.75, 3.05) is 25.5 Å². The fourth-order valence-electron chi connectivity index (χ4n) is 1.77. The molecule has 1 aromatic rings. The van der Waals surface area contributed by atoms with E-state index in [-0.39, 0.29) is 11.8 Å². The van der Waals surface area contributed by atoms with Gasteiger partial charge in [0.15, 0.2) is 6.61 Å². The van der Waals surface area contributed by atoms with Crippen LogP contribution in [0.4, 0.5) is 11.4 Å². The van der Waals surface area contributed by atoms with Crippen molar-refractivity contribution in [1.82, 2.24) is 4.72 Å². The van der Waals surface area contributed by atoms with Crippen LogP contribution < -0.4 is 10.0 Å². The van der Waals surface area contributed by atoms with Gasteiger partial charge in [0.2, 0.25) is 10.0 Å². The van der Waals surface area contributed by atoms with Gasteiger partial charge < -0.3 is 14.8 Å². The van der Waals surface area contributed by atoms with Crippen LogP contribution in [0.3, 0.4) is 0 Å². The van der Waals surface area contributed by atoms with Crippen LogP contribution in [0.25, 0.3) is 0 Å². The predicted octanol–water partition coefficient (Wildman–Crippen LogP) is 0.410. The number of esters is 2. The Kier molecular flexibility index (Phi) is 7.46. The number of rotatable bonds is 9. The van der Waals surface area contributed by atoms with E-state index in [2.05, 4.69) is 10.1 Å². The van der Waals surface area contributed by atoms with Crippen molar-refractivity contribution in [3.63, 3.8) is 0 Å². The zero-order valence-electron chi connectivity index (χ0n) is 14.3. The minimum Gasteiger partial charge on any atom is -0.460 e. The summed E-state index contributed by atoms with van der Waals surface area (Å²) in [5, 5.41) is 13.6. The first kappa shape index (κ1) is 21.3. The molecule has 0 amide bonds. The Morgan fingerprint density at radius 3 is 2.46 bits per heavy atom. The van der Waals surface area contributed by atoms with Gasteiger partial charge in [0, 0.05) is 13.1 Å². The van der Waals surface area contributed by atoms with Crippen LogP contribution in [0.15, 0.2) is 23.1 Å². The minimum atomic E-state index is -4.19. The molecule has 1 aromatic carbocycles. The topological polar surface area (TPSA) is 154 Å². The molecule has 0 fully saturated rings. The van der Waals surface area contributed by atoms with Gasteiger partial charge in [0.05, 0.1) is 15.9 Å². The summed E-state index contributed by atoms with van der Waals surface area (Å²) in [6.07, 6.45) is -0.379. The monoisotopic (exact) mass is 389 g/mol. The summed E-state index contributed by atoms with van der Waals surface area (Å²) in [5.74, 6) is -1.77. The number of anilines is 1. The first-order valence-corrected chi connectivity index (χ1v) is 8.86. The first-order valence-electron chi connectivity index (χ1n) is 7.37. The molecule has 0 aromatic heterocycles. The lowest BCUT2D eigenvalue weighted by molar-refractivity contribution is -0.384. The van der Waals surface area contributed by atoms with E-state index in [9.17, 15) is 28.1 Å². The molecule has 0 radical (unpaired) electrons.